The van der Waals surface area contributed by atoms with Gasteiger partial charge in [-0.3, -0.25) is 14.5 Å². The summed E-state index contributed by atoms with van der Waals surface area (Å²) in [4.78, 5) is 16.8. The average molecular weight is 470 g/mol. The second-order valence-corrected chi connectivity index (χ2v) is 9.22. The van der Waals surface area contributed by atoms with E-state index in [4.69, 9.17) is 0 Å². The Morgan fingerprint density at radius 2 is 1.84 bits per heavy atom. The molecule has 0 fully saturated rings. The van der Waals surface area contributed by atoms with E-state index in [-0.39, 0.29) is 5.56 Å². The Morgan fingerprint density at radius 3 is 2.38 bits per heavy atom. The van der Waals surface area contributed by atoms with E-state index in [2.05, 4.69) is 10.3 Å². The third-order valence-electron chi connectivity index (χ3n) is 4.64. The van der Waals surface area contributed by atoms with E-state index >= 15 is 0 Å². The molecule has 6 nitrogen and oxygen atoms in total. The summed E-state index contributed by atoms with van der Waals surface area (Å²) in [5.41, 5.74) is 1.69. The molecule has 0 aliphatic rings. The molecule has 1 aromatic carbocycles. The molecule has 0 radical (unpaired) electrons. The van der Waals surface area contributed by atoms with Gasteiger partial charge in [-0.15, -0.1) is 0 Å². The summed E-state index contributed by atoms with van der Waals surface area (Å²) in [7, 11) is -3.86. The van der Waals surface area contributed by atoms with Crippen molar-refractivity contribution in [2.75, 3.05) is 11.0 Å². The Labute approximate surface area is 186 Å². The third kappa shape index (κ3) is 6.81. The molecule has 0 spiro atoms. The number of hydrogen-bond donors (Lipinski definition) is 2. The van der Waals surface area contributed by atoms with Gasteiger partial charge in [0.25, 0.3) is 0 Å². The molecule has 0 bridgehead atoms. The lowest BCUT2D eigenvalue weighted by Gasteiger charge is -2.16. The molecule has 2 N–H and O–H groups in total. The molecule has 1 atom stereocenters. The Hall–Kier alpha value is -2.88. The van der Waals surface area contributed by atoms with Gasteiger partial charge in [0.2, 0.25) is 15.9 Å². The molecule has 1 amide bonds. The SMILES string of the molecule is CCCc1nc(CF)ccc1/C(C)=C/C(=O)N[C@H](C)c1cc(F)c(NS(C)(=O)=O)c(F)c1. The minimum absolute atomic E-state index is 0.124. The van der Waals surface area contributed by atoms with Crippen LogP contribution in [0, 0.1) is 11.6 Å². The molecule has 0 aliphatic carbocycles. The molecule has 1 heterocycles. The Kier molecular flexibility index (Phi) is 8.43. The summed E-state index contributed by atoms with van der Waals surface area (Å²) in [5, 5.41) is 2.63. The fourth-order valence-electron chi connectivity index (χ4n) is 3.15. The zero-order valence-electron chi connectivity index (χ0n) is 18.3. The van der Waals surface area contributed by atoms with Gasteiger partial charge in [-0.2, -0.15) is 0 Å². The van der Waals surface area contributed by atoms with Crippen molar-refractivity contribution in [2.45, 2.75) is 46.3 Å². The Balaban J connectivity index is 2.21. The standard InChI is InChI=1S/C22H26F3N3O3S/c1-5-6-20-17(8-7-16(12-23)27-20)13(2)9-21(29)26-14(3)15-10-18(24)22(19(25)11-15)28-32(4,30)31/h7-11,14,28H,5-6,12H2,1-4H3,(H,26,29)/b13-9+/t14-/m1/s1. The van der Waals surface area contributed by atoms with Crippen molar-refractivity contribution in [3.05, 3.63) is 64.5 Å². The van der Waals surface area contributed by atoms with Gasteiger partial charge in [0, 0.05) is 11.8 Å². The second kappa shape index (κ2) is 10.6. The average Bonchev–Trinajstić information content (AvgIpc) is 2.69. The number of carbonyl (C=O) groups excluding carboxylic acids is 1. The van der Waals surface area contributed by atoms with Crippen molar-refractivity contribution in [1.29, 1.82) is 0 Å². The van der Waals surface area contributed by atoms with E-state index in [0.29, 0.717) is 23.4 Å². The van der Waals surface area contributed by atoms with Gasteiger partial charge >= 0.3 is 0 Å². The number of nitrogens with zero attached hydrogens (tertiary/aromatic N) is 1. The van der Waals surface area contributed by atoms with E-state index in [9.17, 15) is 26.4 Å². The summed E-state index contributed by atoms with van der Waals surface area (Å²) in [5.74, 6) is -2.69. The lowest BCUT2D eigenvalue weighted by molar-refractivity contribution is -0.117. The molecule has 1 aromatic heterocycles. The summed E-state index contributed by atoms with van der Waals surface area (Å²) in [6.07, 6.45) is 3.55. The summed E-state index contributed by atoms with van der Waals surface area (Å²) in [6.45, 7) is 4.55. The molecule has 0 saturated heterocycles. The number of amides is 1. The van der Waals surface area contributed by atoms with Crippen molar-refractivity contribution in [2.24, 2.45) is 0 Å². The molecule has 2 rings (SSSR count). The van der Waals surface area contributed by atoms with Gasteiger partial charge in [0.05, 0.1) is 18.0 Å². The maximum Gasteiger partial charge on any atom is 0.244 e. The van der Waals surface area contributed by atoms with E-state index in [1.165, 1.54) is 6.08 Å². The van der Waals surface area contributed by atoms with E-state index < -0.39 is 46.0 Å². The van der Waals surface area contributed by atoms with Crippen LogP contribution in [0.4, 0.5) is 18.9 Å². The number of anilines is 1. The van der Waals surface area contributed by atoms with Crippen LogP contribution in [0.5, 0.6) is 0 Å². The van der Waals surface area contributed by atoms with Crippen LogP contribution in [0.1, 0.15) is 55.7 Å². The van der Waals surface area contributed by atoms with Crippen molar-refractivity contribution < 1.29 is 26.4 Å². The van der Waals surface area contributed by atoms with E-state index in [0.717, 1.165) is 30.4 Å². The van der Waals surface area contributed by atoms with Gasteiger partial charge in [0.15, 0.2) is 11.6 Å². The van der Waals surface area contributed by atoms with Crippen molar-refractivity contribution >= 4 is 27.2 Å². The third-order valence-corrected chi connectivity index (χ3v) is 5.21. The normalized spacial score (nSPS) is 13.0. The lowest BCUT2D eigenvalue weighted by Crippen LogP contribution is -2.25. The number of benzene rings is 1. The molecule has 174 valence electrons. The van der Waals surface area contributed by atoms with E-state index in [1.807, 2.05) is 6.92 Å². The molecule has 0 unspecified atom stereocenters. The molecule has 32 heavy (non-hydrogen) atoms. The predicted molar refractivity (Wildman–Crippen MR) is 118 cm³/mol. The molecule has 0 saturated carbocycles. The van der Waals surface area contributed by atoms with Crippen LogP contribution in [-0.2, 0) is 27.9 Å². The van der Waals surface area contributed by atoms with Crippen molar-refractivity contribution in [1.82, 2.24) is 10.3 Å². The Morgan fingerprint density at radius 1 is 1.22 bits per heavy atom. The number of aromatic nitrogens is 1. The maximum atomic E-state index is 14.2. The molecular weight excluding hydrogens is 443 g/mol. The van der Waals surface area contributed by atoms with Gasteiger partial charge < -0.3 is 5.32 Å². The topological polar surface area (TPSA) is 88.2 Å². The number of allylic oxidation sites excluding steroid dienone is 1. The number of sulfonamides is 1. The minimum atomic E-state index is -3.86. The first-order chi connectivity index (χ1) is 14.9. The summed E-state index contributed by atoms with van der Waals surface area (Å²) < 4.78 is 65.7. The predicted octanol–water partition coefficient (Wildman–Crippen LogP) is 4.43. The molecular formula is C22H26F3N3O3S. The van der Waals surface area contributed by atoms with Crippen LogP contribution < -0.4 is 10.0 Å². The lowest BCUT2D eigenvalue weighted by atomic mass is 10.0. The van der Waals surface area contributed by atoms with Crippen LogP contribution in [0.2, 0.25) is 0 Å². The van der Waals surface area contributed by atoms with Crippen LogP contribution >= 0.6 is 0 Å². The number of nitrogens with one attached hydrogen (secondary N) is 2. The number of hydrogen-bond acceptors (Lipinski definition) is 4. The number of pyridine rings is 1. The van der Waals surface area contributed by atoms with Gasteiger partial charge in [-0.1, -0.05) is 19.4 Å². The van der Waals surface area contributed by atoms with Crippen LogP contribution in [0.3, 0.4) is 0 Å². The summed E-state index contributed by atoms with van der Waals surface area (Å²) in [6, 6.07) is 4.43. The smallest absolute Gasteiger partial charge is 0.244 e. The first-order valence-electron chi connectivity index (χ1n) is 9.95. The van der Waals surface area contributed by atoms with Gasteiger partial charge in [-0.05, 0) is 55.2 Å². The summed E-state index contributed by atoms with van der Waals surface area (Å²) >= 11 is 0. The largest absolute Gasteiger partial charge is 0.346 e. The highest BCUT2D eigenvalue weighted by atomic mass is 32.2. The fraction of sp³-hybridized carbons (Fsp3) is 0.364. The first kappa shape index (κ1) is 25.4. The van der Waals surface area contributed by atoms with Gasteiger partial charge in [-0.25, -0.2) is 21.6 Å². The maximum absolute atomic E-state index is 14.2. The highest BCUT2D eigenvalue weighted by molar-refractivity contribution is 7.92. The van der Waals surface area contributed by atoms with Crippen LogP contribution in [-0.4, -0.2) is 25.6 Å². The first-order valence-corrected chi connectivity index (χ1v) is 11.8. The number of alkyl halides is 1. The highest BCUT2D eigenvalue weighted by Crippen LogP contribution is 2.25. The number of aryl methyl sites for hydroxylation is 1. The molecule has 10 heteroatoms. The van der Waals surface area contributed by atoms with Crippen LogP contribution in [0.25, 0.3) is 5.57 Å². The van der Waals surface area contributed by atoms with Gasteiger partial charge in [0.1, 0.15) is 12.4 Å². The molecule has 0 aliphatic heterocycles. The monoisotopic (exact) mass is 469 g/mol. The van der Waals surface area contributed by atoms with E-state index in [1.54, 1.807) is 30.7 Å². The molecule has 2 aromatic rings. The Bertz CT molecular complexity index is 1110. The highest BCUT2D eigenvalue weighted by Gasteiger charge is 2.18. The minimum Gasteiger partial charge on any atom is -0.346 e. The number of rotatable bonds is 9. The number of carbonyl (C=O) groups is 1. The van der Waals surface area contributed by atoms with Crippen LogP contribution in [0.15, 0.2) is 30.3 Å². The quantitative estimate of drug-likeness (QED) is 0.532. The second-order valence-electron chi connectivity index (χ2n) is 7.47. The number of halogens is 3. The zero-order chi connectivity index (χ0) is 24.1. The van der Waals surface area contributed by atoms with Crippen molar-refractivity contribution in [3.63, 3.8) is 0 Å². The fourth-order valence-corrected chi connectivity index (χ4v) is 3.71. The zero-order valence-corrected chi connectivity index (χ0v) is 19.1. The van der Waals surface area contributed by atoms with Crippen molar-refractivity contribution in [3.8, 4) is 0 Å².